The Morgan fingerprint density at radius 2 is 1.61 bits per heavy atom. The van der Waals surface area contributed by atoms with Crippen molar-refractivity contribution in [2.24, 2.45) is 5.73 Å². The number of rotatable bonds is 1. The first-order valence-corrected chi connectivity index (χ1v) is 4.86. The highest BCUT2D eigenvalue weighted by atomic mass is 35.5. The van der Waals surface area contributed by atoms with E-state index in [4.69, 9.17) is 38.8 Å². The van der Waals surface area contributed by atoms with Gasteiger partial charge in [0.15, 0.2) is 0 Å². The Labute approximate surface area is 109 Å². The predicted molar refractivity (Wildman–Crippen MR) is 58.7 cm³/mol. The van der Waals surface area contributed by atoms with E-state index in [-0.39, 0.29) is 0 Å². The maximum Gasteiger partial charge on any atom is 0.490 e. The quantitative estimate of drug-likeness (QED) is 0.837. The average Bonchev–Trinajstić information content (AvgIpc) is 2.21. The van der Waals surface area contributed by atoms with E-state index >= 15 is 0 Å². The molecule has 0 radical (unpaired) electrons. The van der Waals surface area contributed by atoms with E-state index < -0.39 is 18.1 Å². The molecule has 0 aliphatic heterocycles. The first-order chi connectivity index (χ1) is 8.05. The predicted octanol–water partition coefficient (Wildman–Crippen LogP) is 2.73. The largest absolute Gasteiger partial charge is 0.490 e. The van der Waals surface area contributed by atoms with Crippen molar-refractivity contribution in [2.45, 2.75) is 6.18 Å². The van der Waals surface area contributed by atoms with Crippen LogP contribution in [0.5, 0.6) is 0 Å². The summed E-state index contributed by atoms with van der Waals surface area (Å²) in [6.07, 6.45) is -5.08. The van der Waals surface area contributed by atoms with Crippen molar-refractivity contribution in [2.75, 3.05) is 0 Å². The number of primary amides is 1. The smallest absolute Gasteiger partial charge is 0.475 e. The number of carbonyl (C=O) groups excluding carboxylic acids is 1. The lowest BCUT2D eigenvalue weighted by Gasteiger charge is -1.97. The van der Waals surface area contributed by atoms with Gasteiger partial charge in [0.05, 0.1) is 10.0 Å². The van der Waals surface area contributed by atoms with Crippen LogP contribution in [0.2, 0.25) is 10.0 Å². The highest BCUT2D eigenvalue weighted by molar-refractivity contribution is 6.42. The van der Waals surface area contributed by atoms with Gasteiger partial charge in [0.2, 0.25) is 5.91 Å². The van der Waals surface area contributed by atoms with Crippen molar-refractivity contribution in [3.63, 3.8) is 0 Å². The monoisotopic (exact) mass is 303 g/mol. The molecule has 0 aromatic heterocycles. The van der Waals surface area contributed by atoms with E-state index in [9.17, 15) is 18.0 Å². The molecule has 1 rings (SSSR count). The summed E-state index contributed by atoms with van der Waals surface area (Å²) in [6, 6.07) is 4.49. The summed E-state index contributed by atoms with van der Waals surface area (Å²) in [5, 5.41) is 7.87. The minimum Gasteiger partial charge on any atom is -0.475 e. The first-order valence-electron chi connectivity index (χ1n) is 4.10. The van der Waals surface area contributed by atoms with Crippen LogP contribution < -0.4 is 5.73 Å². The highest BCUT2D eigenvalue weighted by Crippen LogP contribution is 2.22. The zero-order valence-corrected chi connectivity index (χ0v) is 9.97. The molecule has 0 atom stereocenters. The summed E-state index contributed by atoms with van der Waals surface area (Å²) in [7, 11) is 0. The number of hydrogen-bond acceptors (Lipinski definition) is 2. The number of benzene rings is 1. The Balaban J connectivity index is 0.000000360. The Hall–Kier alpha value is -1.47. The fourth-order valence-corrected chi connectivity index (χ4v) is 0.947. The molecule has 1 amide bonds. The molecule has 0 bridgehead atoms. The lowest BCUT2D eigenvalue weighted by atomic mass is 10.2. The van der Waals surface area contributed by atoms with Crippen LogP contribution in [0.15, 0.2) is 18.2 Å². The molecule has 0 saturated heterocycles. The van der Waals surface area contributed by atoms with E-state index in [0.717, 1.165) is 0 Å². The molecule has 0 aliphatic carbocycles. The van der Waals surface area contributed by atoms with Crippen LogP contribution in [0.3, 0.4) is 0 Å². The minimum atomic E-state index is -5.08. The molecule has 0 fully saturated rings. The van der Waals surface area contributed by atoms with Gasteiger partial charge in [-0.3, -0.25) is 4.79 Å². The molecule has 3 N–H and O–H groups in total. The number of carboxylic acid groups (broad SMARTS) is 1. The Bertz CT molecular complexity index is 463. The Morgan fingerprint density at radius 1 is 1.17 bits per heavy atom. The van der Waals surface area contributed by atoms with E-state index in [2.05, 4.69) is 0 Å². The van der Waals surface area contributed by atoms with Crippen molar-refractivity contribution in [3.05, 3.63) is 33.8 Å². The van der Waals surface area contributed by atoms with Crippen molar-refractivity contribution in [1.29, 1.82) is 0 Å². The molecule has 9 heteroatoms. The number of aliphatic carboxylic acids is 1. The van der Waals surface area contributed by atoms with Crippen LogP contribution in [0.4, 0.5) is 13.2 Å². The summed E-state index contributed by atoms with van der Waals surface area (Å²) < 4.78 is 31.7. The zero-order valence-electron chi connectivity index (χ0n) is 8.46. The molecule has 0 unspecified atom stereocenters. The van der Waals surface area contributed by atoms with Gasteiger partial charge in [0.25, 0.3) is 0 Å². The van der Waals surface area contributed by atoms with Crippen molar-refractivity contribution in [3.8, 4) is 0 Å². The lowest BCUT2D eigenvalue weighted by molar-refractivity contribution is -0.192. The molecular formula is C9H6Cl2F3NO3. The third kappa shape index (κ3) is 5.74. The topological polar surface area (TPSA) is 80.4 Å². The van der Waals surface area contributed by atoms with Crippen molar-refractivity contribution < 1.29 is 27.9 Å². The zero-order chi connectivity index (χ0) is 14.5. The fourth-order valence-electron chi connectivity index (χ4n) is 0.649. The summed E-state index contributed by atoms with van der Waals surface area (Å²) in [6.45, 7) is 0. The van der Waals surface area contributed by atoms with Crippen LogP contribution in [0.1, 0.15) is 10.4 Å². The van der Waals surface area contributed by atoms with Crippen LogP contribution in [-0.4, -0.2) is 23.2 Å². The third-order valence-electron chi connectivity index (χ3n) is 1.45. The van der Waals surface area contributed by atoms with Crippen LogP contribution >= 0.6 is 23.2 Å². The number of carboxylic acids is 1. The molecule has 4 nitrogen and oxygen atoms in total. The molecular weight excluding hydrogens is 298 g/mol. The molecule has 18 heavy (non-hydrogen) atoms. The van der Waals surface area contributed by atoms with Gasteiger partial charge in [-0.2, -0.15) is 13.2 Å². The van der Waals surface area contributed by atoms with E-state index in [0.29, 0.717) is 15.6 Å². The summed E-state index contributed by atoms with van der Waals surface area (Å²) in [5.41, 5.74) is 5.35. The number of carbonyl (C=O) groups is 2. The first kappa shape index (κ1) is 16.5. The van der Waals surface area contributed by atoms with Gasteiger partial charge in [0, 0.05) is 5.56 Å². The maximum atomic E-state index is 10.6. The Morgan fingerprint density at radius 3 is 1.89 bits per heavy atom. The maximum absolute atomic E-state index is 10.6. The normalized spacial score (nSPS) is 10.3. The lowest BCUT2D eigenvalue weighted by Crippen LogP contribution is -2.21. The molecule has 0 spiro atoms. The number of amides is 1. The average molecular weight is 304 g/mol. The summed E-state index contributed by atoms with van der Waals surface area (Å²) in [4.78, 5) is 19.5. The second kappa shape index (κ2) is 6.46. The SMILES string of the molecule is NC(=O)c1ccc(Cl)c(Cl)c1.O=C(O)C(F)(F)F. The minimum absolute atomic E-state index is 0.336. The molecule has 0 heterocycles. The molecule has 1 aromatic rings. The molecule has 1 aromatic carbocycles. The van der Waals surface area contributed by atoms with E-state index in [1.807, 2.05) is 0 Å². The standard InChI is InChI=1S/C7H5Cl2NO.C2HF3O2/c8-5-2-1-4(7(10)11)3-6(5)9;3-2(4,5)1(6)7/h1-3H,(H2,10,11);(H,6,7). The van der Waals surface area contributed by atoms with Gasteiger partial charge in [-0.15, -0.1) is 0 Å². The second-order valence-corrected chi connectivity index (χ2v) is 3.61. The molecule has 100 valence electrons. The van der Waals surface area contributed by atoms with Gasteiger partial charge in [0.1, 0.15) is 0 Å². The third-order valence-corrected chi connectivity index (χ3v) is 2.19. The Kier molecular flexibility index (Phi) is 5.93. The van der Waals surface area contributed by atoms with Gasteiger partial charge in [-0.25, -0.2) is 4.79 Å². The second-order valence-electron chi connectivity index (χ2n) is 2.80. The number of alkyl halides is 3. The molecule has 0 aliphatic rings. The number of hydrogen-bond donors (Lipinski definition) is 2. The number of halogens is 5. The van der Waals surface area contributed by atoms with Gasteiger partial charge >= 0.3 is 12.1 Å². The molecule has 0 saturated carbocycles. The number of nitrogens with two attached hydrogens (primary N) is 1. The summed E-state index contributed by atoms with van der Waals surface area (Å²) >= 11 is 11.2. The van der Waals surface area contributed by atoms with E-state index in [1.54, 1.807) is 0 Å². The van der Waals surface area contributed by atoms with Crippen LogP contribution in [-0.2, 0) is 4.79 Å². The van der Waals surface area contributed by atoms with Crippen molar-refractivity contribution in [1.82, 2.24) is 0 Å². The van der Waals surface area contributed by atoms with Gasteiger partial charge in [-0.1, -0.05) is 23.2 Å². The van der Waals surface area contributed by atoms with Crippen molar-refractivity contribution >= 4 is 35.1 Å². The van der Waals surface area contributed by atoms with Crippen LogP contribution in [0.25, 0.3) is 0 Å². The highest BCUT2D eigenvalue weighted by Gasteiger charge is 2.38. The van der Waals surface area contributed by atoms with E-state index in [1.165, 1.54) is 18.2 Å². The van der Waals surface area contributed by atoms with Gasteiger partial charge < -0.3 is 10.8 Å². The van der Waals surface area contributed by atoms with Gasteiger partial charge in [-0.05, 0) is 18.2 Å². The fraction of sp³-hybridized carbons (Fsp3) is 0.111. The van der Waals surface area contributed by atoms with Crippen LogP contribution in [0, 0.1) is 0 Å². The summed E-state index contributed by atoms with van der Waals surface area (Å²) in [5.74, 6) is -3.27.